The van der Waals surface area contributed by atoms with Crippen LogP contribution < -0.4 is 10.6 Å². The van der Waals surface area contributed by atoms with Gasteiger partial charge in [-0.1, -0.05) is 66.2 Å². The molecule has 0 aliphatic carbocycles. The Labute approximate surface area is 298 Å². The first kappa shape index (κ1) is 35.5. The highest BCUT2D eigenvalue weighted by Crippen LogP contribution is 2.38. The summed E-state index contributed by atoms with van der Waals surface area (Å²) in [5.41, 5.74) is 2.02. The highest BCUT2D eigenvalue weighted by molar-refractivity contribution is 6.30. The third kappa shape index (κ3) is 8.52. The van der Waals surface area contributed by atoms with E-state index in [1.165, 1.54) is 12.1 Å². The fraction of sp³-hybridized carbons (Fsp3) is 0.375. The maximum Gasteiger partial charge on any atom is 0.315 e. The summed E-state index contributed by atoms with van der Waals surface area (Å²) in [7, 11) is 0. The standard InChI is InChI=1S/C40H45ClFN5O3/c41-34-11-7-33(8-12-34)40(50)20-27-46(28-21-40)24-4-19-39(31-5-2-1-3-6-31,32-9-13-35(42)14-10-32)29-44-38(49)45-36-17-25-47(26-18-36)37(48)30-15-22-43-23-16-30/h1-3,5-16,22-23,36,50H,4,17-21,24-29H2,(H2,44,45,49). The Kier molecular flexibility index (Phi) is 11.5. The Morgan fingerprint density at radius 1 is 0.880 bits per heavy atom. The molecule has 1 aromatic heterocycles. The predicted molar refractivity (Wildman–Crippen MR) is 194 cm³/mol. The molecular weight excluding hydrogens is 653 g/mol. The van der Waals surface area contributed by atoms with E-state index in [9.17, 15) is 19.1 Å². The monoisotopic (exact) mass is 697 g/mol. The van der Waals surface area contributed by atoms with Gasteiger partial charge >= 0.3 is 6.03 Å². The van der Waals surface area contributed by atoms with E-state index in [0.29, 0.717) is 55.9 Å². The second kappa shape index (κ2) is 16.1. The lowest BCUT2D eigenvalue weighted by molar-refractivity contribution is -0.0262. The summed E-state index contributed by atoms with van der Waals surface area (Å²) in [5.74, 6) is -0.333. The number of hydrogen-bond donors (Lipinski definition) is 3. The fourth-order valence-corrected chi connectivity index (χ4v) is 7.57. The van der Waals surface area contributed by atoms with Crippen LogP contribution in [0.25, 0.3) is 0 Å². The van der Waals surface area contributed by atoms with Crippen LogP contribution in [0.4, 0.5) is 9.18 Å². The second-order valence-electron chi connectivity index (χ2n) is 13.6. The van der Waals surface area contributed by atoms with Gasteiger partial charge in [-0.2, -0.15) is 0 Å². The molecule has 50 heavy (non-hydrogen) atoms. The summed E-state index contributed by atoms with van der Waals surface area (Å²) in [6.45, 7) is 3.80. The minimum atomic E-state index is -0.869. The number of nitrogens with one attached hydrogen (secondary N) is 2. The number of aliphatic hydroxyl groups is 1. The van der Waals surface area contributed by atoms with Crippen LogP contribution >= 0.6 is 11.6 Å². The average Bonchev–Trinajstić information content (AvgIpc) is 3.15. The van der Waals surface area contributed by atoms with Crippen molar-refractivity contribution in [3.63, 3.8) is 0 Å². The molecule has 0 radical (unpaired) electrons. The number of amides is 3. The molecule has 3 aromatic carbocycles. The second-order valence-corrected chi connectivity index (χ2v) is 14.0. The molecule has 262 valence electrons. The zero-order chi connectivity index (χ0) is 35.0. The van der Waals surface area contributed by atoms with E-state index in [-0.39, 0.29) is 23.8 Å². The molecule has 0 bridgehead atoms. The minimum absolute atomic E-state index is 0.0240. The smallest absolute Gasteiger partial charge is 0.315 e. The number of carbonyl (C=O) groups excluding carboxylic acids is 2. The lowest BCUT2D eigenvalue weighted by atomic mass is 9.71. The zero-order valence-electron chi connectivity index (χ0n) is 28.2. The lowest BCUT2D eigenvalue weighted by Crippen LogP contribution is -2.51. The molecular formula is C40H45ClFN5O3. The first-order chi connectivity index (χ1) is 24.2. The topological polar surface area (TPSA) is 97.8 Å². The van der Waals surface area contributed by atoms with Crippen LogP contribution in [0.3, 0.4) is 0 Å². The van der Waals surface area contributed by atoms with Gasteiger partial charge in [-0.25, -0.2) is 9.18 Å². The lowest BCUT2D eigenvalue weighted by Gasteiger charge is -2.40. The molecule has 4 aromatic rings. The van der Waals surface area contributed by atoms with Crippen LogP contribution in [-0.2, 0) is 11.0 Å². The van der Waals surface area contributed by atoms with Crippen LogP contribution in [0.2, 0.25) is 5.02 Å². The largest absolute Gasteiger partial charge is 0.385 e. The summed E-state index contributed by atoms with van der Waals surface area (Å²) in [6.07, 6.45) is 7.37. The first-order valence-corrected chi connectivity index (χ1v) is 17.9. The highest BCUT2D eigenvalue weighted by atomic mass is 35.5. The van der Waals surface area contributed by atoms with Crippen LogP contribution in [0, 0.1) is 5.82 Å². The number of benzene rings is 3. The quantitative estimate of drug-likeness (QED) is 0.166. The molecule has 1 atom stereocenters. The Morgan fingerprint density at radius 3 is 2.18 bits per heavy atom. The molecule has 3 N–H and O–H groups in total. The molecule has 0 saturated carbocycles. The van der Waals surface area contributed by atoms with Crippen molar-refractivity contribution in [2.75, 3.05) is 39.3 Å². The highest BCUT2D eigenvalue weighted by Gasteiger charge is 2.37. The number of carbonyl (C=O) groups is 2. The van der Waals surface area contributed by atoms with Crippen molar-refractivity contribution in [1.29, 1.82) is 0 Å². The Morgan fingerprint density at radius 2 is 1.52 bits per heavy atom. The van der Waals surface area contributed by atoms with E-state index in [1.807, 2.05) is 59.5 Å². The number of pyridine rings is 1. The van der Waals surface area contributed by atoms with Crippen molar-refractivity contribution >= 4 is 23.5 Å². The summed E-state index contributed by atoms with van der Waals surface area (Å²) < 4.78 is 14.2. The number of piperidine rings is 2. The molecule has 1 unspecified atom stereocenters. The summed E-state index contributed by atoms with van der Waals surface area (Å²) >= 11 is 6.08. The van der Waals surface area contributed by atoms with Crippen molar-refractivity contribution in [3.05, 3.63) is 136 Å². The Hall–Kier alpha value is -4.31. The molecule has 2 aliphatic heterocycles. The van der Waals surface area contributed by atoms with Crippen molar-refractivity contribution in [2.24, 2.45) is 0 Å². The molecule has 2 aliphatic rings. The number of hydrogen-bond acceptors (Lipinski definition) is 5. The van der Waals surface area contributed by atoms with E-state index in [4.69, 9.17) is 11.6 Å². The number of urea groups is 1. The van der Waals surface area contributed by atoms with Crippen molar-refractivity contribution in [3.8, 4) is 0 Å². The summed E-state index contributed by atoms with van der Waals surface area (Å²) in [6, 6.07) is 27.3. The minimum Gasteiger partial charge on any atom is -0.385 e. The Bertz CT molecular complexity index is 1690. The zero-order valence-corrected chi connectivity index (χ0v) is 29.0. The third-order valence-electron chi connectivity index (χ3n) is 10.5. The maximum atomic E-state index is 14.2. The SMILES string of the molecule is O=C(NCC(CCCN1CCC(O)(c2ccc(Cl)cc2)CC1)(c1ccccc1)c1ccc(F)cc1)NC1CCN(C(=O)c2ccncc2)CC1. The van der Waals surface area contributed by atoms with E-state index in [1.54, 1.807) is 24.5 Å². The number of aromatic nitrogens is 1. The third-order valence-corrected chi connectivity index (χ3v) is 10.7. The molecule has 3 amide bonds. The van der Waals surface area contributed by atoms with E-state index in [2.05, 4.69) is 32.7 Å². The summed E-state index contributed by atoms with van der Waals surface area (Å²) in [4.78, 5) is 34.5. The normalized spacial score (nSPS) is 17.9. The van der Waals surface area contributed by atoms with Gasteiger partial charge in [0.2, 0.25) is 0 Å². The van der Waals surface area contributed by atoms with Crippen molar-refractivity contribution < 1.29 is 19.1 Å². The molecule has 2 fully saturated rings. The van der Waals surface area contributed by atoms with Crippen molar-refractivity contribution in [1.82, 2.24) is 25.4 Å². The van der Waals surface area contributed by atoms with Crippen LogP contribution in [0.5, 0.6) is 0 Å². The van der Waals surface area contributed by atoms with Gasteiger partial charge in [0.05, 0.1) is 5.60 Å². The van der Waals surface area contributed by atoms with Gasteiger partial charge in [-0.3, -0.25) is 9.78 Å². The van der Waals surface area contributed by atoms with Crippen molar-refractivity contribution in [2.45, 2.75) is 55.6 Å². The van der Waals surface area contributed by atoms with Gasteiger partial charge < -0.3 is 25.5 Å². The van der Waals surface area contributed by atoms with E-state index in [0.717, 1.165) is 49.2 Å². The Balaban J connectivity index is 1.10. The van der Waals surface area contributed by atoms with Gasteiger partial charge in [0.25, 0.3) is 5.91 Å². The maximum absolute atomic E-state index is 14.2. The molecule has 0 spiro atoms. The molecule has 3 heterocycles. The number of rotatable bonds is 11. The van der Waals surface area contributed by atoms with E-state index < -0.39 is 11.0 Å². The van der Waals surface area contributed by atoms with Gasteiger partial charge in [0, 0.05) is 67.2 Å². The fourth-order valence-electron chi connectivity index (χ4n) is 7.45. The number of likely N-dealkylation sites (tertiary alicyclic amines) is 2. The van der Waals surface area contributed by atoms with Crippen LogP contribution in [0.15, 0.2) is 103 Å². The van der Waals surface area contributed by atoms with Gasteiger partial charge in [-0.05, 0) is 98.2 Å². The number of halogens is 2. The number of nitrogens with zero attached hydrogens (tertiary/aromatic N) is 3. The predicted octanol–water partition coefficient (Wildman–Crippen LogP) is 6.53. The van der Waals surface area contributed by atoms with Gasteiger partial charge in [-0.15, -0.1) is 0 Å². The first-order valence-electron chi connectivity index (χ1n) is 17.5. The molecule has 10 heteroatoms. The van der Waals surface area contributed by atoms with E-state index >= 15 is 0 Å². The average molecular weight is 698 g/mol. The van der Waals surface area contributed by atoms with Gasteiger partial charge in [0.15, 0.2) is 0 Å². The van der Waals surface area contributed by atoms with Crippen LogP contribution in [-0.4, -0.2) is 77.1 Å². The molecule has 8 nitrogen and oxygen atoms in total. The molecule has 2 saturated heterocycles. The van der Waals surface area contributed by atoms with Gasteiger partial charge in [0.1, 0.15) is 5.82 Å². The molecule has 6 rings (SSSR count). The van der Waals surface area contributed by atoms with Crippen LogP contribution in [0.1, 0.15) is 65.6 Å². The summed E-state index contributed by atoms with van der Waals surface area (Å²) in [5, 5.41) is 18.4.